The summed E-state index contributed by atoms with van der Waals surface area (Å²) < 4.78 is 0. The van der Waals surface area contributed by atoms with Gasteiger partial charge in [-0.15, -0.1) is 0 Å². The molecule has 0 aromatic heterocycles. The molecule has 0 aromatic carbocycles. The average molecular weight is 344 g/mol. The first-order valence-electron chi connectivity index (χ1n) is 10.3. The maximum Gasteiger partial charge on any atom is 0.219 e. The van der Waals surface area contributed by atoms with Crippen molar-refractivity contribution < 1.29 is 4.79 Å². The molecule has 0 radical (unpaired) electrons. The normalized spacial score (nSPS) is 10.4. The highest BCUT2D eigenvalue weighted by atomic mass is 16.1. The minimum atomic E-state index is 0. The fourth-order valence-electron chi connectivity index (χ4n) is 2.89. The Hall–Kier alpha value is -0.610. The minimum Gasteiger partial charge on any atom is -0.356 e. The molecule has 0 spiro atoms. The predicted molar refractivity (Wildman–Crippen MR) is 107 cm³/mol. The van der Waals surface area contributed by atoms with Crippen LogP contribution in [0.1, 0.15) is 110 Å². The zero-order chi connectivity index (χ0) is 17.0. The Kier molecular flexibility index (Phi) is 23.9. The molecule has 0 aliphatic heterocycles. The summed E-state index contributed by atoms with van der Waals surface area (Å²) in [6.45, 7) is 3.93. The molecule has 0 aromatic rings. The Bertz CT molecular complexity index is 247. The van der Waals surface area contributed by atoms with Gasteiger partial charge in [0.25, 0.3) is 0 Å². The van der Waals surface area contributed by atoms with Crippen LogP contribution in [0.3, 0.4) is 0 Å². The van der Waals surface area contributed by atoms with Crippen molar-refractivity contribution in [3.05, 3.63) is 0 Å². The van der Waals surface area contributed by atoms with Crippen LogP contribution in [-0.4, -0.2) is 19.0 Å². The van der Waals surface area contributed by atoms with Crippen molar-refractivity contribution in [2.45, 2.75) is 110 Å². The number of nitrogens with one attached hydrogen (secondary N) is 1. The van der Waals surface area contributed by atoms with Crippen molar-refractivity contribution >= 4 is 5.91 Å². The van der Waals surface area contributed by atoms with Crippen LogP contribution in [0.15, 0.2) is 0 Å². The van der Waals surface area contributed by atoms with E-state index in [9.17, 15) is 4.79 Å². The monoisotopic (exact) mass is 343 g/mol. The van der Waals surface area contributed by atoms with E-state index in [0.29, 0.717) is 6.42 Å². The highest BCUT2D eigenvalue weighted by molar-refractivity contribution is 5.75. The third-order valence-electron chi connectivity index (χ3n) is 4.46. The van der Waals surface area contributed by atoms with Gasteiger partial charge in [0.2, 0.25) is 5.91 Å². The van der Waals surface area contributed by atoms with Crippen molar-refractivity contribution in [2.24, 2.45) is 5.73 Å². The molecule has 4 nitrogen and oxygen atoms in total. The van der Waals surface area contributed by atoms with Crippen LogP contribution < -0.4 is 17.2 Å². The summed E-state index contributed by atoms with van der Waals surface area (Å²) in [6, 6.07) is 0. The smallest absolute Gasteiger partial charge is 0.219 e. The van der Waals surface area contributed by atoms with E-state index in [-0.39, 0.29) is 12.1 Å². The molecule has 0 aliphatic carbocycles. The molecule has 0 saturated carbocycles. The Labute approximate surface area is 151 Å². The molecule has 4 heteroatoms. The summed E-state index contributed by atoms with van der Waals surface area (Å²) >= 11 is 0. The molecule has 0 atom stereocenters. The second-order valence-electron chi connectivity index (χ2n) is 6.84. The maximum absolute atomic E-state index is 11.6. The molecule has 0 unspecified atom stereocenters. The lowest BCUT2D eigenvalue weighted by Gasteiger charge is -2.05. The summed E-state index contributed by atoms with van der Waals surface area (Å²) in [4.78, 5) is 11.6. The lowest BCUT2D eigenvalue weighted by atomic mass is 10.1. The van der Waals surface area contributed by atoms with Gasteiger partial charge in [-0.3, -0.25) is 4.79 Å². The Morgan fingerprint density at radius 3 is 1.71 bits per heavy atom. The molecular formula is C20H45N3O. The second kappa shape index (κ2) is 22.4. The first-order valence-corrected chi connectivity index (χ1v) is 10.3. The van der Waals surface area contributed by atoms with Crippen LogP contribution in [0.2, 0.25) is 0 Å². The molecule has 0 fully saturated rings. The fourth-order valence-corrected chi connectivity index (χ4v) is 2.89. The summed E-state index contributed by atoms with van der Waals surface area (Å²) in [6.07, 6.45) is 19.8. The lowest BCUT2D eigenvalue weighted by molar-refractivity contribution is -0.121. The predicted octanol–water partition coefficient (Wildman–Crippen LogP) is 5.48. The first kappa shape index (κ1) is 25.6. The Morgan fingerprint density at radius 1 is 0.708 bits per heavy atom. The number of hydrogen-bond donors (Lipinski definition) is 3. The summed E-state index contributed by atoms with van der Waals surface area (Å²) in [7, 11) is 0. The SMILES string of the molecule is CCCCCCCC(=O)NCCCCCCCCCCCCN.N. The molecule has 1 amide bonds. The third-order valence-corrected chi connectivity index (χ3v) is 4.46. The number of hydrogen-bond acceptors (Lipinski definition) is 3. The molecular weight excluding hydrogens is 298 g/mol. The number of carbonyl (C=O) groups is 1. The fraction of sp³-hybridized carbons (Fsp3) is 0.950. The van der Waals surface area contributed by atoms with Crippen LogP contribution >= 0.6 is 0 Å². The second-order valence-corrected chi connectivity index (χ2v) is 6.84. The summed E-state index contributed by atoms with van der Waals surface area (Å²) in [5.74, 6) is 0.249. The number of unbranched alkanes of at least 4 members (excludes halogenated alkanes) is 13. The quantitative estimate of drug-likeness (QED) is 0.288. The Morgan fingerprint density at radius 2 is 1.17 bits per heavy atom. The average Bonchev–Trinajstić information content (AvgIpc) is 2.55. The number of amides is 1. The molecule has 6 N–H and O–H groups in total. The van der Waals surface area contributed by atoms with Gasteiger partial charge in [0.15, 0.2) is 0 Å². The van der Waals surface area contributed by atoms with E-state index in [4.69, 9.17) is 5.73 Å². The van der Waals surface area contributed by atoms with Crippen LogP contribution in [0.5, 0.6) is 0 Å². The largest absolute Gasteiger partial charge is 0.356 e. The van der Waals surface area contributed by atoms with Crippen molar-refractivity contribution in [3.63, 3.8) is 0 Å². The van der Waals surface area contributed by atoms with E-state index in [0.717, 1.165) is 25.9 Å². The van der Waals surface area contributed by atoms with E-state index >= 15 is 0 Å². The van der Waals surface area contributed by atoms with Crippen LogP contribution in [0.25, 0.3) is 0 Å². The van der Waals surface area contributed by atoms with E-state index in [1.807, 2.05) is 0 Å². The van der Waals surface area contributed by atoms with Gasteiger partial charge >= 0.3 is 0 Å². The van der Waals surface area contributed by atoms with Crippen LogP contribution in [-0.2, 0) is 4.79 Å². The maximum atomic E-state index is 11.6. The van der Waals surface area contributed by atoms with E-state index in [1.165, 1.54) is 83.5 Å². The number of carbonyl (C=O) groups excluding carboxylic acids is 1. The third kappa shape index (κ3) is 21.4. The zero-order valence-electron chi connectivity index (χ0n) is 16.4. The molecule has 24 heavy (non-hydrogen) atoms. The molecule has 0 bridgehead atoms. The summed E-state index contributed by atoms with van der Waals surface area (Å²) in [5, 5.41) is 3.06. The first-order chi connectivity index (χ1) is 11.3. The van der Waals surface area contributed by atoms with Crippen molar-refractivity contribution in [3.8, 4) is 0 Å². The minimum absolute atomic E-state index is 0. The van der Waals surface area contributed by atoms with Gasteiger partial charge in [-0.05, 0) is 25.8 Å². The molecule has 0 saturated heterocycles. The van der Waals surface area contributed by atoms with Gasteiger partial charge in [-0.1, -0.05) is 84.0 Å². The zero-order valence-corrected chi connectivity index (χ0v) is 16.4. The van der Waals surface area contributed by atoms with Gasteiger partial charge in [0.1, 0.15) is 0 Å². The topological polar surface area (TPSA) is 90.1 Å². The molecule has 146 valence electrons. The lowest BCUT2D eigenvalue weighted by Crippen LogP contribution is -2.23. The molecule has 0 heterocycles. The van der Waals surface area contributed by atoms with Crippen molar-refractivity contribution in [1.29, 1.82) is 0 Å². The summed E-state index contributed by atoms with van der Waals surface area (Å²) in [5.41, 5.74) is 5.48. The number of rotatable bonds is 18. The van der Waals surface area contributed by atoms with E-state index in [2.05, 4.69) is 12.2 Å². The van der Waals surface area contributed by atoms with Gasteiger partial charge in [-0.25, -0.2) is 0 Å². The highest BCUT2D eigenvalue weighted by Gasteiger charge is 2.00. The van der Waals surface area contributed by atoms with Crippen LogP contribution in [0.4, 0.5) is 0 Å². The van der Waals surface area contributed by atoms with Crippen molar-refractivity contribution in [1.82, 2.24) is 11.5 Å². The molecule has 0 aliphatic rings. The highest BCUT2D eigenvalue weighted by Crippen LogP contribution is 2.10. The van der Waals surface area contributed by atoms with Gasteiger partial charge in [-0.2, -0.15) is 0 Å². The standard InChI is InChI=1S/C20H42N2O.H3N/c1-2-3-4-11-14-17-20(23)22-19-16-13-10-8-6-5-7-9-12-15-18-21;/h2-19,21H2,1H3,(H,22,23);1H3. The van der Waals surface area contributed by atoms with E-state index < -0.39 is 0 Å². The number of nitrogens with two attached hydrogens (primary N) is 1. The molecule has 0 rings (SSSR count). The van der Waals surface area contributed by atoms with E-state index in [1.54, 1.807) is 0 Å². The van der Waals surface area contributed by atoms with Gasteiger partial charge in [0, 0.05) is 13.0 Å². The van der Waals surface area contributed by atoms with Gasteiger partial charge < -0.3 is 17.2 Å². The van der Waals surface area contributed by atoms with Crippen LogP contribution in [0, 0.1) is 0 Å². The van der Waals surface area contributed by atoms with Crippen molar-refractivity contribution in [2.75, 3.05) is 13.1 Å². The van der Waals surface area contributed by atoms with Gasteiger partial charge in [0.05, 0.1) is 0 Å². The Balaban J connectivity index is 0.